The second-order valence-electron chi connectivity index (χ2n) is 4.50. The van der Waals surface area contributed by atoms with Crippen LogP contribution in [-0.4, -0.2) is 24.4 Å². The van der Waals surface area contributed by atoms with Crippen LogP contribution in [0.2, 0.25) is 0 Å². The molecule has 3 heteroatoms. The molecule has 1 aliphatic carbocycles. The SMILES string of the molecule is CCC(=O)c1ccc(N(C)CC2CC2)cn1. The molecule has 1 aromatic heterocycles. The molecule has 1 saturated carbocycles. The lowest BCUT2D eigenvalue weighted by molar-refractivity contribution is 0.0983. The summed E-state index contributed by atoms with van der Waals surface area (Å²) in [6, 6.07) is 3.81. The molecular formula is C13H18N2O. The van der Waals surface area contributed by atoms with Crippen molar-refractivity contribution in [2.24, 2.45) is 5.92 Å². The fourth-order valence-electron chi connectivity index (χ4n) is 1.75. The molecule has 0 saturated heterocycles. The second kappa shape index (κ2) is 4.64. The minimum Gasteiger partial charge on any atom is -0.373 e. The highest BCUT2D eigenvalue weighted by atomic mass is 16.1. The zero-order valence-corrected chi connectivity index (χ0v) is 9.94. The first-order valence-corrected chi connectivity index (χ1v) is 5.91. The van der Waals surface area contributed by atoms with Crippen molar-refractivity contribution < 1.29 is 4.79 Å². The standard InChI is InChI=1S/C13H18N2O/c1-3-13(16)12-7-6-11(8-14-12)15(2)9-10-4-5-10/h6-8,10H,3-5,9H2,1-2H3. The first-order valence-electron chi connectivity index (χ1n) is 5.91. The Bertz CT molecular complexity index is 368. The van der Waals surface area contributed by atoms with Gasteiger partial charge in [-0.3, -0.25) is 9.78 Å². The van der Waals surface area contributed by atoms with E-state index >= 15 is 0 Å². The van der Waals surface area contributed by atoms with Gasteiger partial charge in [-0.15, -0.1) is 0 Å². The van der Waals surface area contributed by atoms with Crippen molar-refractivity contribution in [3.63, 3.8) is 0 Å². The molecule has 16 heavy (non-hydrogen) atoms. The molecule has 0 radical (unpaired) electrons. The highest BCUT2D eigenvalue weighted by Gasteiger charge is 2.23. The predicted molar refractivity (Wildman–Crippen MR) is 64.9 cm³/mol. The highest BCUT2D eigenvalue weighted by molar-refractivity contribution is 5.94. The van der Waals surface area contributed by atoms with Gasteiger partial charge in [0.2, 0.25) is 0 Å². The Kier molecular flexibility index (Phi) is 3.22. The fourth-order valence-corrected chi connectivity index (χ4v) is 1.75. The minimum absolute atomic E-state index is 0.108. The molecule has 2 rings (SSSR count). The van der Waals surface area contributed by atoms with E-state index in [1.54, 1.807) is 6.20 Å². The number of carbonyl (C=O) groups is 1. The van der Waals surface area contributed by atoms with Gasteiger partial charge in [0.15, 0.2) is 5.78 Å². The number of Topliss-reactive ketones (excluding diaryl/α,β-unsaturated/α-hetero) is 1. The molecule has 3 nitrogen and oxygen atoms in total. The molecule has 0 amide bonds. The van der Waals surface area contributed by atoms with Crippen molar-refractivity contribution in [3.8, 4) is 0 Å². The number of ketones is 1. The molecule has 86 valence electrons. The van der Waals surface area contributed by atoms with Crippen molar-refractivity contribution in [3.05, 3.63) is 24.0 Å². The van der Waals surface area contributed by atoms with Gasteiger partial charge >= 0.3 is 0 Å². The Morgan fingerprint density at radius 3 is 2.75 bits per heavy atom. The molecule has 0 atom stereocenters. The van der Waals surface area contributed by atoms with E-state index < -0.39 is 0 Å². The number of nitrogens with zero attached hydrogens (tertiary/aromatic N) is 2. The first kappa shape index (κ1) is 11.1. The summed E-state index contributed by atoms with van der Waals surface area (Å²) in [6.45, 7) is 2.96. The lowest BCUT2D eigenvalue weighted by Crippen LogP contribution is -2.20. The molecule has 1 aromatic rings. The molecule has 0 aliphatic heterocycles. The van der Waals surface area contributed by atoms with Gasteiger partial charge in [0.05, 0.1) is 11.9 Å². The van der Waals surface area contributed by atoms with Crippen molar-refractivity contribution >= 4 is 11.5 Å². The maximum Gasteiger partial charge on any atom is 0.180 e. The number of aromatic nitrogens is 1. The number of rotatable bonds is 5. The number of anilines is 1. The molecule has 0 aromatic carbocycles. The fraction of sp³-hybridized carbons (Fsp3) is 0.538. The smallest absolute Gasteiger partial charge is 0.180 e. The van der Waals surface area contributed by atoms with Gasteiger partial charge in [-0.05, 0) is 30.9 Å². The van der Waals surface area contributed by atoms with Crippen molar-refractivity contribution in [1.29, 1.82) is 0 Å². The summed E-state index contributed by atoms with van der Waals surface area (Å²) in [5.41, 5.74) is 1.67. The van der Waals surface area contributed by atoms with Gasteiger partial charge in [0, 0.05) is 20.0 Å². The van der Waals surface area contributed by atoms with Gasteiger partial charge in [-0.25, -0.2) is 0 Å². The average molecular weight is 218 g/mol. The summed E-state index contributed by atoms with van der Waals surface area (Å²) in [5, 5.41) is 0. The molecule has 0 spiro atoms. The third-order valence-electron chi connectivity index (χ3n) is 3.02. The molecule has 0 unspecified atom stereocenters. The summed E-state index contributed by atoms with van der Waals surface area (Å²) in [6.07, 6.45) is 5.02. The third-order valence-corrected chi connectivity index (χ3v) is 3.02. The summed E-state index contributed by atoms with van der Waals surface area (Å²) >= 11 is 0. The molecule has 0 bridgehead atoms. The van der Waals surface area contributed by atoms with Crippen LogP contribution in [-0.2, 0) is 0 Å². The van der Waals surface area contributed by atoms with E-state index in [9.17, 15) is 4.79 Å². The number of hydrogen-bond acceptors (Lipinski definition) is 3. The number of pyridine rings is 1. The van der Waals surface area contributed by atoms with Crippen LogP contribution in [0.3, 0.4) is 0 Å². The Morgan fingerprint density at radius 1 is 1.50 bits per heavy atom. The lowest BCUT2D eigenvalue weighted by Gasteiger charge is -2.18. The number of hydrogen-bond donors (Lipinski definition) is 0. The largest absolute Gasteiger partial charge is 0.373 e. The van der Waals surface area contributed by atoms with E-state index in [-0.39, 0.29) is 5.78 Å². The predicted octanol–water partition coefficient (Wildman–Crippen LogP) is 2.52. The highest BCUT2D eigenvalue weighted by Crippen LogP contribution is 2.30. The Labute approximate surface area is 96.5 Å². The van der Waals surface area contributed by atoms with E-state index in [4.69, 9.17) is 0 Å². The summed E-state index contributed by atoms with van der Waals surface area (Å²) in [4.78, 5) is 17.8. The molecule has 1 heterocycles. The van der Waals surface area contributed by atoms with E-state index in [0.717, 1.165) is 18.2 Å². The van der Waals surface area contributed by atoms with E-state index in [1.165, 1.54) is 12.8 Å². The Hall–Kier alpha value is -1.38. The monoisotopic (exact) mass is 218 g/mol. The van der Waals surface area contributed by atoms with Crippen molar-refractivity contribution in [2.45, 2.75) is 26.2 Å². The van der Waals surface area contributed by atoms with Crippen molar-refractivity contribution in [2.75, 3.05) is 18.5 Å². The number of carbonyl (C=O) groups excluding carboxylic acids is 1. The van der Waals surface area contributed by atoms with Crippen LogP contribution in [0.15, 0.2) is 18.3 Å². The van der Waals surface area contributed by atoms with Gasteiger partial charge in [0.25, 0.3) is 0 Å². The maximum atomic E-state index is 11.4. The summed E-state index contributed by atoms with van der Waals surface area (Å²) in [7, 11) is 2.08. The normalized spacial score (nSPS) is 14.9. The second-order valence-corrected chi connectivity index (χ2v) is 4.50. The van der Waals surface area contributed by atoms with E-state index in [2.05, 4.69) is 16.9 Å². The molecule has 1 aliphatic rings. The van der Waals surface area contributed by atoms with Gasteiger partial charge in [-0.1, -0.05) is 6.92 Å². The Balaban J connectivity index is 2.02. The maximum absolute atomic E-state index is 11.4. The van der Waals surface area contributed by atoms with E-state index in [1.807, 2.05) is 19.1 Å². The van der Waals surface area contributed by atoms with Crippen LogP contribution in [0.1, 0.15) is 36.7 Å². The van der Waals surface area contributed by atoms with Crippen LogP contribution < -0.4 is 4.90 Å². The van der Waals surface area contributed by atoms with Gasteiger partial charge < -0.3 is 4.90 Å². The molecular weight excluding hydrogens is 200 g/mol. The third kappa shape index (κ3) is 2.60. The first-order chi connectivity index (χ1) is 7.70. The van der Waals surface area contributed by atoms with Crippen LogP contribution in [0.4, 0.5) is 5.69 Å². The zero-order valence-electron chi connectivity index (χ0n) is 9.94. The summed E-state index contributed by atoms with van der Waals surface area (Å²) < 4.78 is 0. The quantitative estimate of drug-likeness (QED) is 0.712. The van der Waals surface area contributed by atoms with Crippen LogP contribution in [0.25, 0.3) is 0 Å². The molecule has 0 N–H and O–H groups in total. The van der Waals surface area contributed by atoms with Crippen LogP contribution in [0, 0.1) is 5.92 Å². The summed E-state index contributed by atoms with van der Waals surface area (Å²) in [5.74, 6) is 0.971. The van der Waals surface area contributed by atoms with Crippen molar-refractivity contribution in [1.82, 2.24) is 4.98 Å². The zero-order chi connectivity index (χ0) is 11.5. The van der Waals surface area contributed by atoms with Crippen LogP contribution >= 0.6 is 0 Å². The van der Waals surface area contributed by atoms with Gasteiger partial charge in [-0.2, -0.15) is 0 Å². The van der Waals surface area contributed by atoms with Crippen LogP contribution in [0.5, 0.6) is 0 Å². The molecule has 1 fully saturated rings. The average Bonchev–Trinajstić information content (AvgIpc) is 3.12. The lowest BCUT2D eigenvalue weighted by atomic mass is 10.2. The topological polar surface area (TPSA) is 33.2 Å². The van der Waals surface area contributed by atoms with Gasteiger partial charge in [0.1, 0.15) is 5.69 Å². The Morgan fingerprint density at radius 2 is 2.25 bits per heavy atom. The van der Waals surface area contributed by atoms with E-state index in [0.29, 0.717) is 12.1 Å². The minimum atomic E-state index is 0.108.